The molecule has 0 aliphatic heterocycles. The average Bonchev–Trinajstić information content (AvgIpc) is 2.34. The number of halogens is 1. The number of methoxy groups -OCH3 is 1. The van der Waals surface area contributed by atoms with Crippen molar-refractivity contribution in [3.05, 3.63) is 29.8 Å². The Morgan fingerprint density at radius 2 is 2.00 bits per heavy atom. The van der Waals surface area contributed by atoms with Crippen molar-refractivity contribution in [3.8, 4) is 5.75 Å². The van der Waals surface area contributed by atoms with Crippen molar-refractivity contribution in [1.29, 1.82) is 0 Å². The molecule has 0 saturated carbocycles. The topological polar surface area (TPSA) is 21.3 Å². The van der Waals surface area contributed by atoms with Gasteiger partial charge in [0.05, 0.1) is 7.11 Å². The van der Waals surface area contributed by atoms with Gasteiger partial charge in [0.2, 0.25) is 0 Å². The fourth-order valence-corrected chi connectivity index (χ4v) is 2.13. The molecule has 2 nitrogen and oxygen atoms in total. The van der Waals surface area contributed by atoms with Crippen LogP contribution in [0.5, 0.6) is 5.75 Å². The molecule has 0 fully saturated rings. The summed E-state index contributed by atoms with van der Waals surface area (Å²) in [5, 5.41) is 3.45. The lowest BCUT2D eigenvalue weighted by Crippen LogP contribution is -2.15. The van der Waals surface area contributed by atoms with Gasteiger partial charge in [0, 0.05) is 12.1 Å². The van der Waals surface area contributed by atoms with Crippen molar-refractivity contribution in [2.75, 3.05) is 18.1 Å². The third kappa shape index (κ3) is 5.16. The van der Waals surface area contributed by atoms with E-state index in [1.54, 1.807) is 7.11 Å². The van der Waals surface area contributed by atoms with Gasteiger partial charge < -0.3 is 10.1 Å². The normalized spacial score (nSPS) is 10.4. The molecule has 0 aromatic heterocycles. The quantitative estimate of drug-likeness (QED) is 0.447. The minimum atomic E-state index is 0.897. The molecule has 0 heterocycles. The van der Waals surface area contributed by atoms with Crippen LogP contribution in [0.25, 0.3) is 0 Å². The van der Waals surface area contributed by atoms with Gasteiger partial charge in [0.1, 0.15) is 5.75 Å². The monoisotopic (exact) mass is 333 g/mol. The van der Waals surface area contributed by atoms with Gasteiger partial charge in [-0.05, 0) is 29.9 Å². The number of alkyl halides is 1. The second-order valence-corrected chi connectivity index (χ2v) is 4.82. The van der Waals surface area contributed by atoms with Gasteiger partial charge in [-0.3, -0.25) is 0 Å². The summed E-state index contributed by atoms with van der Waals surface area (Å²) >= 11 is 2.43. The van der Waals surface area contributed by atoms with Gasteiger partial charge in [0.15, 0.2) is 0 Å². The first kappa shape index (κ1) is 13.8. The SMILES string of the molecule is COc1ccccc1CNCCCCCI. The summed E-state index contributed by atoms with van der Waals surface area (Å²) in [4.78, 5) is 0. The molecular weight excluding hydrogens is 313 g/mol. The molecule has 0 saturated heterocycles. The Kier molecular flexibility index (Phi) is 7.59. The molecule has 3 heteroatoms. The molecule has 0 aliphatic carbocycles. The van der Waals surface area contributed by atoms with E-state index < -0.39 is 0 Å². The number of nitrogens with one attached hydrogen (secondary N) is 1. The minimum absolute atomic E-state index is 0.897. The number of unbranched alkanes of at least 4 members (excludes halogenated alkanes) is 2. The van der Waals surface area contributed by atoms with Gasteiger partial charge in [-0.2, -0.15) is 0 Å². The number of hydrogen-bond acceptors (Lipinski definition) is 2. The summed E-state index contributed by atoms with van der Waals surface area (Å²) in [6.07, 6.45) is 3.91. The predicted molar refractivity (Wildman–Crippen MR) is 77.4 cm³/mol. The van der Waals surface area contributed by atoms with Crippen LogP contribution >= 0.6 is 22.6 Å². The smallest absolute Gasteiger partial charge is 0.123 e. The summed E-state index contributed by atoms with van der Waals surface area (Å²) in [5.41, 5.74) is 1.24. The molecule has 0 atom stereocenters. The maximum absolute atomic E-state index is 5.30. The Bertz CT molecular complexity index is 291. The molecule has 0 radical (unpaired) electrons. The Balaban J connectivity index is 2.21. The lowest BCUT2D eigenvalue weighted by Gasteiger charge is -2.09. The van der Waals surface area contributed by atoms with E-state index in [9.17, 15) is 0 Å². The third-order valence-corrected chi connectivity index (χ3v) is 3.26. The van der Waals surface area contributed by atoms with E-state index in [1.807, 2.05) is 12.1 Å². The van der Waals surface area contributed by atoms with Crippen molar-refractivity contribution in [2.45, 2.75) is 25.8 Å². The molecule has 16 heavy (non-hydrogen) atoms. The van der Waals surface area contributed by atoms with Crippen molar-refractivity contribution in [1.82, 2.24) is 5.32 Å². The Morgan fingerprint density at radius 3 is 2.75 bits per heavy atom. The van der Waals surface area contributed by atoms with Crippen LogP contribution in [0.15, 0.2) is 24.3 Å². The fourth-order valence-electron chi connectivity index (χ4n) is 1.59. The Hall–Kier alpha value is -0.290. The summed E-state index contributed by atoms with van der Waals surface area (Å²) < 4.78 is 6.57. The Morgan fingerprint density at radius 1 is 1.19 bits per heavy atom. The first-order valence-electron chi connectivity index (χ1n) is 5.77. The standard InChI is InChI=1S/C13H20INO/c1-16-13-8-4-3-7-12(13)11-15-10-6-2-5-9-14/h3-4,7-8,15H,2,5-6,9-11H2,1H3. The molecule has 0 spiro atoms. The molecule has 0 bridgehead atoms. The number of para-hydroxylation sites is 1. The highest BCUT2D eigenvalue weighted by Gasteiger charge is 1.99. The van der Waals surface area contributed by atoms with Crippen LogP contribution < -0.4 is 10.1 Å². The van der Waals surface area contributed by atoms with Crippen molar-refractivity contribution >= 4 is 22.6 Å². The number of rotatable bonds is 8. The average molecular weight is 333 g/mol. The van der Waals surface area contributed by atoms with Crippen LogP contribution in [-0.2, 0) is 6.54 Å². The molecule has 0 aliphatic rings. The summed E-state index contributed by atoms with van der Waals surface area (Å²) in [6, 6.07) is 8.17. The molecule has 90 valence electrons. The first-order chi connectivity index (χ1) is 7.88. The van der Waals surface area contributed by atoms with E-state index in [0.717, 1.165) is 18.8 Å². The second kappa shape index (κ2) is 8.82. The highest BCUT2D eigenvalue weighted by Crippen LogP contribution is 2.16. The highest BCUT2D eigenvalue weighted by atomic mass is 127. The van der Waals surface area contributed by atoms with E-state index in [0.29, 0.717) is 0 Å². The van der Waals surface area contributed by atoms with Crippen LogP contribution in [0.3, 0.4) is 0 Å². The van der Waals surface area contributed by atoms with Crippen LogP contribution in [0.2, 0.25) is 0 Å². The summed E-state index contributed by atoms with van der Waals surface area (Å²) in [7, 11) is 1.72. The van der Waals surface area contributed by atoms with E-state index in [2.05, 4.69) is 40.0 Å². The van der Waals surface area contributed by atoms with E-state index >= 15 is 0 Å². The molecule has 1 rings (SSSR count). The summed E-state index contributed by atoms with van der Waals surface area (Å²) in [5.74, 6) is 0.974. The van der Waals surface area contributed by atoms with E-state index in [4.69, 9.17) is 4.74 Å². The second-order valence-electron chi connectivity index (χ2n) is 3.74. The van der Waals surface area contributed by atoms with Crippen LogP contribution in [0, 0.1) is 0 Å². The molecule has 1 aromatic carbocycles. The zero-order valence-corrected chi connectivity index (χ0v) is 12.0. The Labute approximate surface area is 112 Å². The first-order valence-corrected chi connectivity index (χ1v) is 7.29. The minimum Gasteiger partial charge on any atom is -0.496 e. The fraction of sp³-hybridized carbons (Fsp3) is 0.538. The lowest BCUT2D eigenvalue weighted by atomic mass is 10.2. The van der Waals surface area contributed by atoms with Gasteiger partial charge in [0.25, 0.3) is 0 Å². The van der Waals surface area contributed by atoms with Crippen LogP contribution in [0.1, 0.15) is 24.8 Å². The van der Waals surface area contributed by atoms with E-state index in [1.165, 1.54) is 29.3 Å². The molecular formula is C13H20INO. The van der Waals surface area contributed by atoms with E-state index in [-0.39, 0.29) is 0 Å². The molecule has 0 amide bonds. The predicted octanol–water partition coefficient (Wildman–Crippen LogP) is 3.39. The highest BCUT2D eigenvalue weighted by molar-refractivity contribution is 14.1. The molecule has 0 unspecified atom stereocenters. The summed E-state index contributed by atoms with van der Waals surface area (Å²) in [6.45, 7) is 1.99. The largest absolute Gasteiger partial charge is 0.496 e. The number of ether oxygens (including phenoxy) is 1. The number of benzene rings is 1. The maximum atomic E-state index is 5.30. The van der Waals surface area contributed by atoms with Gasteiger partial charge >= 0.3 is 0 Å². The molecule has 1 aromatic rings. The zero-order chi connectivity index (χ0) is 11.6. The zero-order valence-electron chi connectivity index (χ0n) is 9.84. The van der Waals surface area contributed by atoms with Gasteiger partial charge in [-0.25, -0.2) is 0 Å². The number of hydrogen-bond donors (Lipinski definition) is 1. The van der Waals surface area contributed by atoms with Crippen molar-refractivity contribution < 1.29 is 4.74 Å². The van der Waals surface area contributed by atoms with Gasteiger partial charge in [-0.15, -0.1) is 0 Å². The maximum Gasteiger partial charge on any atom is 0.123 e. The molecule has 1 N–H and O–H groups in total. The van der Waals surface area contributed by atoms with Crippen LogP contribution in [-0.4, -0.2) is 18.1 Å². The lowest BCUT2D eigenvalue weighted by molar-refractivity contribution is 0.407. The van der Waals surface area contributed by atoms with Crippen molar-refractivity contribution in [2.24, 2.45) is 0 Å². The van der Waals surface area contributed by atoms with Gasteiger partial charge in [-0.1, -0.05) is 47.2 Å². The third-order valence-electron chi connectivity index (χ3n) is 2.50. The van der Waals surface area contributed by atoms with Crippen LogP contribution in [0.4, 0.5) is 0 Å². The van der Waals surface area contributed by atoms with Crippen molar-refractivity contribution in [3.63, 3.8) is 0 Å².